The molecule has 0 aromatic carbocycles. The molecule has 0 saturated carbocycles. The van der Waals surface area contributed by atoms with Crippen molar-refractivity contribution in [3.8, 4) is 0 Å². The molecule has 0 bridgehead atoms. The average Bonchev–Trinajstić information content (AvgIpc) is 2.71. The molecule has 1 rings (SSSR count). The van der Waals surface area contributed by atoms with Crippen molar-refractivity contribution in [2.24, 2.45) is 5.73 Å². The van der Waals surface area contributed by atoms with Crippen LogP contribution in [0, 0.1) is 0 Å². The Morgan fingerprint density at radius 1 is 1.57 bits per heavy atom. The summed E-state index contributed by atoms with van der Waals surface area (Å²) in [6.45, 7) is 3.15. The predicted molar refractivity (Wildman–Crippen MR) is 57.7 cm³/mol. The van der Waals surface area contributed by atoms with Crippen LogP contribution in [0.15, 0.2) is 5.51 Å². The second-order valence-electron chi connectivity index (χ2n) is 2.84. The minimum Gasteiger partial charge on any atom is -0.383 e. The van der Waals surface area contributed by atoms with Gasteiger partial charge in [-0.25, -0.2) is 0 Å². The third-order valence-corrected chi connectivity index (χ3v) is 2.57. The highest BCUT2D eigenvalue weighted by atomic mass is 32.1. The van der Waals surface area contributed by atoms with Crippen LogP contribution in [-0.4, -0.2) is 43.5 Å². The Hall–Kier alpha value is -0.720. The van der Waals surface area contributed by atoms with Crippen molar-refractivity contribution in [2.45, 2.75) is 6.42 Å². The molecular weight excluding hydrogens is 200 g/mol. The summed E-state index contributed by atoms with van der Waals surface area (Å²) < 4.78 is 5.03. The first-order valence-corrected chi connectivity index (χ1v) is 5.46. The van der Waals surface area contributed by atoms with E-state index in [1.165, 1.54) is 11.3 Å². The van der Waals surface area contributed by atoms with Crippen LogP contribution < -0.4 is 10.6 Å². The summed E-state index contributed by atoms with van der Waals surface area (Å²) in [5, 5.41) is 8.77. The van der Waals surface area contributed by atoms with Crippen LogP contribution in [0.25, 0.3) is 0 Å². The molecule has 0 aliphatic carbocycles. The number of rotatable bonds is 7. The molecule has 1 aromatic heterocycles. The highest BCUT2D eigenvalue weighted by Crippen LogP contribution is 2.15. The number of aromatic nitrogens is 2. The Kier molecular flexibility index (Phi) is 5.43. The van der Waals surface area contributed by atoms with Crippen LogP contribution in [0.2, 0.25) is 0 Å². The zero-order chi connectivity index (χ0) is 10.2. The predicted octanol–water partition coefficient (Wildman–Crippen LogP) is 0.340. The topological polar surface area (TPSA) is 64.3 Å². The molecule has 6 heteroatoms. The molecule has 0 aliphatic rings. The molecule has 0 unspecified atom stereocenters. The van der Waals surface area contributed by atoms with Crippen molar-refractivity contribution in [3.05, 3.63) is 5.51 Å². The number of hydrogen-bond donors (Lipinski definition) is 1. The summed E-state index contributed by atoms with van der Waals surface area (Å²) in [4.78, 5) is 2.15. The second-order valence-corrected chi connectivity index (χ2v) is 3.66. The number of nitrogens with zero attached hydrogens (tertiary/aromatic N) is 3. The number of anilines is 1. The summed E-state index contributed by atoms with van der Waals surface area (Å²) in [5.74, 6) is 0. The van der Waals surface area contributed by atoms with Gasteiger partial charge >= 0.3 is 0 Å². The Bertz CT molecular complexity index is 221. The van der Waals surface area contributed by atoms with Crippen LogP contribution in [0.3, 0.4) is 0 Å². The lowest BCUT2D eigenvalue weighted by molar-refractivity contribution is 0.205. The summed E-state index contributed by atoms with van der Waals surface area (Å²) in [6.07, 6.45) is 0.962. The Balaban J connectivity index is 2.44. The monoisotopic (exact) mass is 216 g/mol. The van der Waals surface area contributed by atoms with Gasteiger partial charge in [0.05, 0.1) is 6.61 Å². The summed E-state index contributed by atoms with van der Waals surface area (Å²) in [5.41, 5.74) is 7.20. The average molecular weight is 216 g/mol. The molecule has 0 aliphatic heterocycles. The van der Waals surface area contributed by atoms with Gasteiger partial charge in [-0.3, -0.25) is 0 Å². The van der Waals surface area contributed by atoms with Gasteiger partial charge in [0.1, 0.15) is 5.51 Å². The molecule has 0 radical (unpaired) electrons. The molecular formula is C8H16N4OS. The maximum absolute atomic E-state index is 5.47. The van der Waals surface area contributed by atoms with Crippen molar-refractivity contribution < 1.29 is 4.74 Å². The SMILES string of the molecule is COCCN(CCCN)c1nncs1. The molecule has 14 heavy (non-hydrogen) atoms. The lowest BCUT2D eigenvalue weighted by atomic mass is 10.4. The van der Waals surface area contributed by atoms with Gasteiger partial charge in [0.25, 0.3) is 0 Å². The molecule has 0 atom stereocenters. The van der Waals surface area contributed by atoms with E-state index < -0.39 is 0 Å². The van der Waals surface area contributed by atoms with Gasteiger partial charge in [-0.1, -0.05) is 11.3 Å². The van der Waals surface area contributed by atoms with E-state index in [0.29, 0.717) is 13.2 Å². The van der Waals surface area contributed by atoms with Gasteiger partial charge < -0.3 is 15.4 Å². The molecule has 1 aromatic rings. The first kappa shape index (κ1) is 11.4. The third-order valence-electron chi connectivity index (χ3n) is 1.82. The zero-order valence-electron chi connectivity index (χ0n) is 8.35. The van der Waals surface area contributed by atoms with Gasteiger partial charge in [-0.15, -0.1) is 10.2 Å². The van der Waals surface area contributed by atoms with Crippen LogP contribution in [0.4, 0.5) is 5.13 Å². The largest absolute Gasteiger partial charge is 0.383 e. The summed E-state index contributed by atoms with van der Waals surface area (Å²) in [7, 11) is 1.70. The second kappa shape index (κ2) is 6.69. The first-order chi connectivity index (χ1) is 6.88. The van der Waals surface area contributed by atoms with E-state index in [4.69, 9.17) is 10.5 Å². The van der Waals surface area contributed by atoms with E-state index in [9.17, 15) is 0 Å². The Morgan fingerprint density at radius 2 is 2.43 bits per heavy atom. The maximum atomic E-state index is 5.47. The Morgan fingerprint density at radius 3 is 3.00 bits per heavy atom. The fourth-order valence-electron chi connectivity index (χ4n) is 1.09. The normalized spacial score (nSPS) is 10.4. The molecule has 2 N–H and O–H groups in total. The smallest absolute Gasteiger partial charge is 0.208 e. The number of methoxy groups -OCH3 is 1. The highest BCUT2D eigenvalue weighted by Gasteiger charge is 2.08. The highest BCUT2D eigenvalue weighted by molar-refractivity contribution is 7.13. The third kappa shape index (κ3) is 3.57. The van der Waals surface area contributed by atoms with Crippen molar-refractivity contribution in [1.29, 1.82) is 0 Å². The lowest BCUT2D eigenvalue weighted by Gasteiger charge is -2.20. The van der Waals surface area contributed by atoms with E-state index >= 15 is 0 Å². The van der Waals surface area contributed by atoms with Crippen molar-refractivity contribution in [3.63, 3.8) is 0 Å². The van der Waals surface area contributed by atoms with E-state index in [0.717, 1.165) is 24.6 Å². The molecule has 0 amide bonds. The number of ether oxygens (including phenoxy) is 1. The number of nitrogens with two attached hydrogens (primary N) is 1. The van der Waals surface area contributed by atoms with Crippen LogP contribution in [0.1, 0.15) is 6.42 Å². The van der Waals surface area contributed by atoms with Crippen molar-refractivity contribution in [1.82, 2.24) is 10.2 Å². The van der Waals surface area contributed by atoms with E-state index in [1.807, 2.05) is 0 Å². The minimum atomic E-state index is 0.697. The minimum absolute atomic E-state index is 0.697. The van der Waals surface area contributed by atoms with Gasteiger partial charge in [-0.2, -0.15) is 0 Å². The van der Waals surface area contributed by atoms with E-state index in [1.54, 1.807) is 12.6 Å². The molecule has 5 nitrogen and oxygen atoms in total. The van der Waals surface area contributed by atoms with E-state index in [2.05, 4.69) is 15.1 Å². The van der Waals surface area contributed by atoms with Crippen molar-refractivity contribution in [2.75, 3.05) is 38.3 Å². The fraction of sp³-hybridized carbons (Fsp3) is 0.750. The van der Waals surface area contributed by atoms with Crippen LogP contribution in [0.5, 0.6) is 0 Å². The molecule has 0 spiro atoms. The molecule has 0 saturated heterocycles. The van der Waals surface area contributed by atoms with Gasteiger partial charge in [-0.05, 0) is 13.0 Å². The summed E-state index contributed by atoms with van der Waals surface area (Å²) in [6, 6.07) is 0. The molecule has 1 heterocycles. The van der Waals surface area contributed by atoms with Gasteiger partial charge in [0.15, 0.2) is 0 Å². The van der Waals surface area contributed by atoms with Crippen LogP contribution >= 0.6 is 11.3 Å². The quantitative estimate of drug-likeness (QED) is 0.712. The van der Waals surface area contributed by atoms with Crippen LogP contribution in [-0.2, 0) is 4.74 Å². The van der Waals surface area contributed by atoms with E-state index in [-0.39, 0.29) is 0 Å². The fourth-order valence-corrected chi connectivity index (χ4v) is 1.71. The van der Waals surface area contributed by atoms with Crippen molar-refractivity contribution >= 4 is 16.5 Å². The van der Waals surface area contributed by atoms with Gasteiger partial charge in [0, 0.05) is 20.2 Å². The van der Waals surface area contributed by atoms with Gasteiger partial charge in [0.2, 0.25) is 5.13 Å². The summed E-state index contributed by atoms with van der Waals surface area (Å²) >= 11 is 1.54. The standard InChI is InChI=1S/C8H16N4OS/c1-13-6-5-12(4-2-3-9)8-11-10-7-14-8/h7H,2-6,9H2,1H3. The molecule has 80 valence electrons. The maximum Gasteiger partial charge on any atom is 0.208 e. The number of hydrogen-bond acceptors (Lipinski definition) is 6. The lowest BCUT2D eigenvalue weighted by Crippen LogP contribution is -2.29. The zero-order valence-corrected chi connectivity index (χ0v) is 9.16. The Labute approximate surface area is 87.9 Å². The molecule has 0 fully saturated rings. The first-order valence-electron chi connectivity index (χ1n) is 4.58.